The lowest BCUT2D eigenvalue weighted by molar-refractivity contribution is 0.393. The number of nitrogens with two attached hydrogens (primary N) is 1. The maximum Gasteiger partial charge on any atom is 0.243 e. The van der Waals surface area contributed by atoms with E-state index >= 15 is 0 Å². The molecule has 1 heterocycles. The molecule has 1 saturated heterocycles. The normalized spacial score (nSPS) is 22.4. The molecule has 1 aliphatic heterocycles. The van der Waals surface area contributed by atoms with Gasteiger partial charge < -0.3 is 5.73 Å². The maximum atomic E-state index is 12.3. The van der Waals surface area contributed by atoms with Crippen LogP contribution in [0.25, 0.3) is 0 Å². The van der Waals surface area contributed by atoms with Crippen LogP contribution in [0.2, 0.25) is 0 Å². The molecule has 5 heteroatoms. The van der Waals surface area contributed by atoms with Gasteiger partial charge in [-0.05, 0) is 25.0 Å². The van der Waals surface area contributed by atoms with Gasteiger partial charge >= 0.3 is 0 Å². The van der Waals surface area contributed by atoms with Gasteiger partial charge in [0.15, 0.2) is 0 Å². The third-order valence-electron chi connectivity index (χ3n) is 2.94. The lowest BCUT2D eigenvalue weighted by atomic mass is 10.2. The molecule has 0 aliphatic carbocycles. The fourth-order valence-electron chi connectivity index (χ4n) is 2.09. The van der Waals surface area contributed by atoms with Crippen LogP contribution in [0.4, 0.5) is 0 Å². The number of benzene rings is 1. The molecular weight excluding hydrogens is 224 g/mol. The molecule has 0 bridgehead atoms. The highest BCUT2D eigenvalue weighted by Crippen LogP contribution is 2.25. The van der Waals surface area contributed by atoms with Crippen molar-refractivity contribution >= 4 is 10.0 Å². The van der Waals surface area contributed by atoms with Crippen LogP contribution in [0, 0.1) is 0 Å². The number of hydrogen-bond donors (Lipinski definition) is 1. The maximum absolute atomic E-state index is 12.3. The minimum atomic E-state index is -3.35. The quantitative estimate of drug-likeness (QED) is 0.850. The average Bonchev–Trinajstić information content (AvgIpc) is 2.79. The Bertz CT molecular complexity index is 444. The molecule has 1 aromatic carbocycles. The van der Waals surface area contributed by atoms with Crippen LogP contribution in [0.1, 0.15) is 12.8 Å². The van der Waals surface area contributed by atoms with E-state index in [1.807, 2.05) is 6.07 Å². The van der Waals surface area contributed by atoms with Gasteiger partial charge in [0.05, 0.1) is 4.90 Å². The van der Waals surface area contributed by atoms with Crippen molar-refractivity contribution in [3.05, 3.63) is 30.3 Å². The van der Waals surface area contributed by atoms with Gasteiger partial charge in [-0.1, -0.05) is 18.2 Å². The molecule has 0 spiro atoms. The Morgan fingerprint density at radius 1 is 1.31 bits per heavy atom. The smallest absolute Gasteiger partial charge is 0.243 e. The third kappa shape index (κ3) is 1.98. The summed E-state index contributed by atoms with van der Waals surface area (Å²) in [7, 11) is -3.35. The molecule has 4 nitrogen and oxygen atoms in total. The first-order valence-corrected chi connectivity index (χ1v) is 6.87. The first kappa shape index (κ1) is 11.6. The zero-order chi connectivity index (χ0) is 11.6. The van der Waals surface area contributed by atoms with Crippen molar-refractivity contribution in [3.63, 3.8) is 0 Å². The summed E-state index contributed by atoms with van der Waals surface area (Å²) >= 11 is 0. The Labute approximate surface area is 96.1 Å². The monoisotopic (exact) mass is 240 g/mol. The third-order valence-corrected chi connectivity index (χ3v) is 4.91. The second kappa shape index (κ2) is 4.53. The number of nitrogens with zero attached hydrogens (tertiary/aromatic N) is 1. The van der Waals surface area contributed by atoms with Crippen molar-refractivity contribution in [3.8, 4) is 0 Å². The van der Waals surface area contributed by atoms with E-state index in [0.29, 0.717) is 18.0 Å². The summed E-state index contributed by atoms with van der Waals surface area (Å²) in [6.45, 7) is 0.977. The fourth-order valence-corrected chi connectivity index (χ4v) is 3.81. The molecule has 1 atom stereocenters. The second-order valence-electron chi connectivity index (χ2n) is 3.96. The van der Waals surface area contributed by atoms with Gasteiger partial charge in [-0.2, -0.15) is 4.31 Å². The SMILES string of the molecule is NC[C@@H]1CCCN1S(=O)(=O)c1ccccc1. The minimum absolute atomic E-state index is 0.0368. The zero-order valence-electron chi connectivity index (χ0n) is 9.04. The van der Waals surface area contributed by atoms with Gasteiger partial charge in [0.2, 0.25) is 10.0 Å². The lowest BCUT2D eigenvalue weighted by Gasteiger charge is -2.22. The largest absolute Gasteiger partial charge is 0.329 e. The van der Waals surface area contributed by atoms with Gasteiger partial charge in [-0.25, -0.2) is 8.42 Å². The van der Waals surface area contributed by atoms with E-state index in [1.165, 1.54) is 4.31 Å². The van der Waals surface area contributed by atoms with Crippen molar-refractivity contribution < 1.29 is 8.42 Å². The summed E-state index contributed by atoms with van der Waals surface area (Å²) in [5.41, 5.74) is 5.59. The molecule has 1 aliphatic rings. The first-order chi connectivity index (χ1) is 7.66. The van der Waals surface area contributed by atoms with Crippen molar-refractivity contribution in [1.29, 1.82) is 0 Å². The molecule has 0 saturated carbocycles. The minimum Gasteiger partial charge on any atom is -0.329 e. The summed E-state index contributed by atoms with van der Waals surface area (Å²) in [4.78, 5) is 0.357. The van der Waals surface area contributed by atoms with Gasteiger partial charge in [-0.15, -0.1) is 0 Å². The second-order valence-corrected chi connectivity index (χ2v) is 5.85. The average molecular weight is 240 g/mol. The highest BCUT2D eigenvalue weighted by molar-refractivity contribution is 7.89. The molecule has 16 heavy (non-hydrogen) atoms. The van der Waals surface area contributed by atoms with E-state index in [0.717, 1.165) is 12.8 Å². The first-order valence-electron chi connectivity index (χ1n) is 5.43. The van der Waals surface area contributed by atoms with E-state index in [9.17, 15) is 8.42 Å². The molecule has 0 amide bonds. The topological polar surface area (TPSA) is 63.4 Å². The van der Waals surface area contributed by atoms with Gasteiger partial charge in [-0.3, -0.25) is 0 Å². The van der Waals surface area contributed by atoms with Crippen LogP contribution in [0.15, 0.2) is 35.2 Å². The van der Waals surface area contributed by atoms with Crippen LogP contribution >= 0.6 is 0 Å². The van der Waals surface area contributed by atoms with E-state index in [4.69, 9.17) is 5.73 Å². The molecule has 0 radical (unpaired) electrons. The molecule has 1 aromatic rings. The Balaban J connectivity index is 2.33. The van der Waals surface area contributed by atoms with Crippen molar-refractivity contribution in [2.75, 3.05) is 13.1 Å². The molecule has 0 unspecified atom stereocenters. The summed E-state index contributed by atoms with van der Waals surface area (Å²) in [5, 5.41) is 0. The summed E-state index contributed by atoms with van der Waals surface area (Å²) in [5.74, 6) is 0. The molecular formula is C11H16N2O2S. The Hall–Kier alpha value is -0.910. The molecule has 2 N–H and O–H groups in total. The standard InChI is InChI=1S/C11H16N2O2S/c12-9-10-5-4-8-13(10)16(14,15)11-6-2-1-3-7-11/h1-3,6-7,10H,4-5,8-9,12H2/t10-/m0/s1. The van der Waals surface area contributed by atoms with Crippen molar-refractivity contribution in [1.82, 2.24) is 4.31 Å². The van der Waals surface area contributed by atoms with Gasteiger partial charge in [0, 0.05) is 19.1 Å². The fraction of sp³-hybridized carbons (Fsp3) is 0.455. The number of rotatable bonds is 3. The van der Waals surface area contributed by atoms with Gasteiger partial charge in [0.1, 0.15) is 0 Å². The van der Waals surface area contributed by atoms with Crippen LogP contribution in [-0.4, -0.2) is 31.9 Å². The van der Waals surface area contributed by atoms with Crippen LogP contribution < -0.4 is 5.73 Å². The van der Waals surface area contributed by atoms with E-state index in [-0.39, 0.29) is 6.04 Å². The molecule has 1 fully saturated rings. The van der Waals surface area contributed by atoms with E-state index in [1.54, 1.807) is 24.3 Å². The number of hydrogen-bond acceptors (Lipinski definition) is 3. The molecule has 0 aromatic heterocycles. The van der Waals surface area contributed by atoms with Crippen molar-refractivity contribution in [2.45, 2.75) is 23.8 Å². The Morgan fingerprint density at radius 2 is 2.00 bits per heavy atom. The zero-order valence-corrected chi connectivity index (χ0v) is 9.86. The van der Waals surface area contributed by atoms with Crippen LogP contribution in [0.5, 0.6) is 0 Å². The Kier molecular flexibility index (Phi) is 3.28. The van der Waals surface area contributed by atoms with E-state index < -0.39 is 10.0 Å². The summed E-state index contributed by atoms with van der Waals surface area (Å²) < 4.78 is 26.1. The molecule has 2 rings (SSSR count). The predicted molar refractivity (Wildman–Crippen MR) is 62.4 cm³/mol. The lowest BCUT2D eigenvalue weighted by Crippen LogP contribution is -2.39. The highest BCUT2D eigenvalue weighted by Gasteiger charge is 2.34. The number of sulfonamides is 1. The summed E-state index contributed by atoms with van der Waals surface area (Å²) in [6, 6.07) is 8.50. The van der Waals surface area contributed by atoms with Crippen LogP contribution in [0.3, 0.4) is 0 Å². The summed E-state index contributed by atoms with van der Waals surface area (Å²) in [6.07, 6.45) is 1.76. The van der Waals surface area contributed by atoms with Gasteiger partial charge in [0.25, 0.3) is 0 Å². The predicted octanol–water partition coefficient (Wildman–Crippen LogP) is 0.798. The highest BCUT2D eigenvalue weighted by atomic mass is 32.2. The Morgan fingerprint density at radius 3 is 2.62 bits per heavy atom. The van der Waals surface area contributed by atoms with E-state index in [2.05, 4.69) is 0 Å². The molecule has 88 valence electrons. The van der Waals surface area contributed by atoms with Crippen LogP contribution in [-0.2, 0) is 10.0 Å². The van der Waals surface area contributed by atoms with Crippen molar-refractivity contribution in [2.24, 2.45) is 5.73 Å².